The maximum absolute atomic E-state index is 12.9. The molecule has 12 heteroatoms. The van der Waals surface area contributed by atoms with E-state index in [9.17, 15) is 24.0 Å². The third-order valence-electron chi connectivity index (χ3n) is 7.39. The van der Waals surface area contributed by atoms with Gasteiger partial charge in [0.25, 0.3) is 11.8 Å². The molecular formula is C27H35N5O7. The number of nitrogens with one attached hydrogen (secondary N) is 2. The molecule has 0 radical (unpaired) electrons. The lowest BCUT2D eigenvalue weighted by molar-refractivity contribution is -0.136. The smallest absolute Gasteiger partial charge is 0.410 e. The van der Waals surface area contributed by atoms with Crippen molar-refractivity contribution in [1.82, 2.24) is 20.0 Å². The fourth-order valence-corrected chi connectivity index (χ4v) is 5.62. The van der Waals surface area contributed by atoms with Gasteiger partial charge >= 0.3 is 6.09 Å². The summed E-state index contributed by atoms with van der Waals surface area (Å²) in [6.07, 6.45) is -0.0305. The van der Waals surface area contributed by atoms with Crippen molar-refractivity contribution in [2.45, 2.75) is 45.3 Å². The van der Waals surface area contributed by atoms with Crippen LogP contribution in [0.3, 0.4) is 0 Å². The molecule has 12 nitrogen and oxygen atoms in total. The number of ether oxygens (including phenoxy) is 2. The number of benzene rings is 1. The molecule has 1 spiro atoms. The lowest BCUT2D eigenvalue weighted by Gasteiger charge is -2.60. The van der Waals surface area contributed by atoms with E-state index in [2.05, 4.69) is 15.5 Å². The van der Waals surface area contributed by atoms with Gasteiger partial charge in [-0.3, -0.25) is 34.3 Å². The Hall–Kier alpha value is -3.51. The first-order chi connectivity index (χ1) is 18.4. The summed E-state index contributed by atoms with van der Waals surface area (Å²) in [6.45, 7) is 11.4. The maximum Gasteiger partial charge on any atom is 0.410 e. The molecule has 0 aliphatic carbocycles. The minimum absolute atomic E-state index is 0.0853. The highest BCUT2D eigenvalue weighted by atomic mass is 16.6. The van der Waals surface area contributed by atoms with Crippen molar-refractivity contribution in [3.05, 3.63) is 29.3 Å². The minimum atomic E-state index is -0.977. The number of rotatable bonds is 8. The lowest BCUT2D eigenvalue weighted by atomic mass is 9.73. The van der Waals surface area contributed by atoms with E-state index >= 15 is 0 Å². The molecule has 0 aromatic heterocycles. The fraction of sp³-hybridized carbons (Fsp3) is 0.593. The first-order valence-electron chi connectivity index (χ1n) is 13.3. The van der Waals surface area contributed by atoms with Gasteiger partial charge < -0.3 is 19.7 Å². The number of hydrogen-bond acceptors (Lipinski definition) is 9. The Morgan fingerprint density at radius 1 is 1.05 bits per heavy atom. The number of fused-ring (bicyclic) bond motifs is 1. The summed E-state index contributed by atoms with van der Waals surface area (Å²) < 4.78 is 11.2. The first kappa shape index (κ1) is 27.1. The van der Waals surface area contributed by atoms with E-state index < -0.39 is 35.3 Å². The predicted octanol–water partition coefficient (Wildman–Crippen LogP) is 1.07. The van der Waals surface area contributed by atoms with E-state index in [4.69, 9.17) is 9.47 Å². The SMILES string of the molecule is CC(C)(C)OC(=O)N1CC2(CN(CCOCCNc3ccc4c(c3)C(=O)N(C3CCC(=O)NC3=O)C4=O)C2)C1. The molecule has 4 aliphatic rings. The Bertz CT molecular complexity index is 1200. The van der Waals surface area contributed by atoms with E-state index in [-0.39, 0.29) is 35.5 Å². The molecule has 1 aromatic rings. The highest BCUT2D eigenvalue weighted by Gasteiger charge is 2.53. The van der Waals surface area contributed by atoms with Gasteiger partial charge in [0.15, 0.2) is 0 Å². The molecule has 0 saturated carbocycles. The predicted molar refractivity (Wildman–Crippen MR) is 139 cm³/mol. The van der Waals surface area contributed by atoms with Crippen LogP contribution in [0, 0.1) is 5.41 Å². The van der Waals surface area contributed by atoms with Crippen molar-refractivity contribution in [2.75, 3.05) is 57.8 Å². The minimum Gasteiger partial charge on any atom is -0.444 e. The third kappa shape index (κ3) is 5.62. The van der Waals surface area contributed by atoms with Crippen LogP contribution in [0.2, 0.25) is 0 Å². The van der Waals surface area contributed by atoms with E-state index in [0.717, 1.165) is 37.6 Å². The number of likely N-dealkylation sites (tertiary alicyclic amines) is 2. The molecule has 0 bridgehead atoms. The van der Waals surface area contributed by atoms with Crippen molar-refractivity contribution in [3.63, 3.8) is 0 Å². The Morgan fingerprint density at radius 3 is 2.46 bits per heavy atom. The standard InChI is InChI=1S/C27H35N5O7/c1-26(2,3)39-25(37)31-15-27(16-31)13-30(14-27)9-11-38-10-8-28-17-4-5-18-19(12-17)24(36)32(23(18)35)20-6-7-21(33)29-22(20)34/h4-5,12,20,28H,6-11,13-16H2,1-3H3,(H,29,33,34). The largest absolute Gasteiger partial charge is 0.444 e. The van der Waals surface area contributed by atoms with Crippen molar-refractivity contribution >= 4 is 35.4 Å². The Labute approximate surface area is 226 Å². The van der Waals surface area contributed by atoms with Gasteiger partial charge in [-0.1, -0.05) is 0 Å². The van der Waals surface area contributed by atoms with E-state index in [0.29, 0.717) is 25.4 Å². The monoisotopic (exact) mass is 541 g/mol. The van der Waals surface area contributed by atoms with Gasteiger partial charge in [-0.05, 0) is 45.4 Å². The van der Waals surface area contributed by atoms with E-state index in [1.807, 2.05) is 20.8 Å². The molecule has 5 rings (SSSR count). The average Bonchev–Trinajstić information content (AvgIpc) is 3.04. The summed E-state index contributed by atoms with van der Waals surface area (Å²) in [4.78, 5) is 66.5. The Balaban J connectivity index is 0.992. The Morgan fingerprint density at radius 2 is 1.77 bits per heavy atom. The second-order valence-electron chi connectivity index (χ2n) is 11.8. The topological polar surface area (TPSA) is 138 Å². The molecule has 210 valence electrons. The number of anilines is 1. The summed E-state index contributed by atoms with van der Waals surface area (Å²) in [5.74, 6) is -2.08. The van der Waals surface area contributed by atoms with Crippen LogP contribution in [0.15, 0.2) is 18.2 Å². The van der Waals surface area contributed by atoms with Crippen molar-refractivity contribution in [1.29, 1.82) is 0 Å². The molecular weight excluding hydrogens is 506 g/mol. The first-order valence-corrected chi connectivity index (χ1v) is 13.3. The second-order valence-corrected chi connectivity index (χ2v) is 11.8. The van der Waals surface area contributed by atoms with Gasteiger partial charge in [0, 0.05) is 56.8 Å². The summed E-state index contributed by atoms with van der Waals surface area (Å²) >= 11 is 0. The second kappa shape index (κ2) is 10.2. The van der Waals surface area contributed by atoms with Crippen LogP contribution >= 0.6 is 0 Å². The van der Waals surface area contributed by atoms with Crippen molar-refractivity contribution in [3.8, 4) is 0 Å². The van der Waals surface area contributed by atoms with Crippen molar-refractivity contribution in [2.24, 2.45) is 5.41 Å². The average molecular weight is 542 g/mol. The molecule has 1 atom stereocenters. The normalized spacial score (nSPS) is 22.4. The molecule has 2 N–H and O–H groups in total. The highest BCUT2D eigenvalue weighted by Crippen LogP contribution is 2.40. The van der Waals surface area contributed by atoms with Gasteiger partial charge in [0.05, 0.1) is 24.3 Å². The van der Waals surface area contributed by atoms with Crippen LogP contribution < -0.4 is 10.6 Å². The fourth-order valence-electron chi connectivity index (χ4n) is 5.62. The van der Waals surface area contributed by atoms with Gasteiger partial charge in [-0.2, -0.15) is 0 Å². The van der Waals surface area contributed by atoms with Crippen molar-refractivity contribution < 1.29 is 33.4 Å². The molecule has 4 heterocycles. The molecule has 39 heavy (non-hydrogen) atoms. The zero-order valence-electron chi connectivity index (χ0n) is 22.6. The zero-order chi connectivity index (χ0) is 27.9. The van der Waals surface area contributed by atoms with Gasteiger partial charge in [0.2, 0.25) is 11.8 Å². The maximum atomic E-state index is 12.9. The van der Waals surface area contributed by atoms with Crippen LogP contribution in [0.4, 0.5) is 10.5 Å². The van der Waals surface area contributed by atoms with Crippen LogP contribution in [0.1, 0.15) is 54.3 Å². The number of carbonyl (C=O) groups is 5. The molecule has 1 aromatic carbocycles. The lowest BCUT2D eigenvalue weighted by Crippen LogP contribution is -2.73. The van der Waals surface area contributed by atoms with Crippen LogP contribution in [0.25, 0.3) is 0 Å². The number of piperidine rings is 1. The van der Waals surface area contributed by atoms with Gasteiger partial charge in [-0.25, -0.2) is 4.79 Å². The summed E-state index contributed by atoms with van der Waals surface area (Å²) in [6, 6.07) is 3.93. The summed E-state index contributed by atoms with van der Waals surface area (Å²) in [7, 11) is 0. The van der Waals surface area contributed by atoms with Crippen LogP contribution in [-0.2, 0) is 19.1 Å². The molecule has 3 fully saturated rings. The van der Waals surface area contributed by atoms with Crippen LogP contribution in [0.5, 0.6) is 0 Å². The molecule has 1 unspecified atom stereocenters. The molecule has 5 amide bonds. The number of amides is 5. The number of hydrogen-bond donors (Lipinski definition) is 2. The molecule has 3 saturated heterocycles. The zero-order valence-corrected chi connectivity index (χ0v) is 22.6. The van der Waals surface area contributed by atoms with Crippen LogP contribution in [-0.4, -0.2) is 109 Å². The quantitative estimate of drug-likeness (QED) is 0.366. The summed E-state index contributed by atoms with van der Waals surface area (Å²) in [5.41, 5.74) is 0.877. The third-order valence-corrected chi connectivity index (χ3v) is 7.39. The van der Waals surface area contributed by atoms with E-state index in [1.54, 1.807) is 23.1 Å². The summed E-state index contributed by atoms with van der Waals surface area (Å²) in [5, 5.41) is 5.40. The number of carbonyl (C=O) groups excluding carboxylic acids is 5. The highest BCUT2D eigenvalue weighted by molar-refractivity contribution is 6.23. The molecule has 4 aliphatic heterocycles. The van der Waals surface area contributed by atoms with Gasteiger partial charge in [-0.15, -0.1) is 0 Å². The Kier molecular flexibility index (Phi) is 7.10. The number of nitrogens with zero attached hydrogens (tertiary/aromatic N) is 3. The van der Waals surface area contributed by atoms with Gasteiger partial charge in [0.1, 0.15) is 11.6 Å². The van der Waals surface area contributed by atoms with E-state index in [1.165, 1.54) is 0 Å². The number of imide groups is 2.